The van der Waals surface area contributed by atoms with Crippen molar-refractivity contribution < 1.29 is 9.53 Å². The average molecular weight is 358 g/mol. The van der Waals surface area contributed by atoms with Crippen molar-refractivity contribution in [2.24, 2.45) is 4.99 Å². The third-order valence-corrected chi connectivity index (χ3v) is 5.02. The maximum atomic E-state index is 12.7. The van der Waals surface area contributed by atoms with Crippen LogP contribution in [0, 0.1) is 13.8 Å². The summed E-state index contributed by atoms with van der Waals surface area (Å²) in [6, 6.07) is 8.04. The quantitative estimate of drug-likeness (QED) is 0.704. The number of rotatable bonds is 5. The highest BCUT2D eigenvalue weighted by Gasteiger charge is 2.14. The van der Waals surface area contributed by atoms with E-state index in [4.69, 9.17) is 4.74 Å². The van der Waals surface area contributed by atoms with Crippen LogP contribution in [0.3, 0.4) is 0 Å². The van der Waals surface area contributed by atoms with E-state index in [0.717, 1.165) is 15.9 Å². The molecule has 0 aliphatic carbocycles. The van der Waals surface area contributed by atoms with E-state index in [1.54, 1.807) is 17.9 Å². The molecule has 2 aromatic heterocycles. The molecule has 0 N–H and O–H groups in total. The molecule has 0 aliphatic rings. The third-order valence-electron chi connectivity index (χ3n) is 3.98. The van der Waals surface area contributed by atoms with Gasteiger partial charge in [-0.2, -0.15) is 10.1 Å². The van der Waals surface area contributed by atoms with Crippen LogP contribution < -0.4 is 4.80 Å². The summed E-state index contributed by atoms with van der Waals surface area (Å²) < 4.78 is 10.1. The predicted octanol–water partition coefficient (Wildman–Crippen LogP) is 2.92. The first-order chi connectivity index (χ1) is 12.0. The van der Waals surface area contributed by atoms with Gasteiger partial charge in [-0.15, -0.1) is 0 Å². The largest absolute Gasteiger partial charge is 0.383 e. The van der Waals surface area contributed by atoms with E-state index in [1.165, 1.54) is 16.9 Å². The molecule has 0 aliphatic heterocycles. The maximum Gasteiger partial charge on any atom is 0.297 e. The molecule has 3 rings (SSSR count). The summed E-state index contributed by atoms with van der Waals surface area (Å²) in [6.45, 7) is 7.75. The number of carbonyl (C=O) groups is 1. The highest BCUT2D eigenvalue weighted by atomic mass is 32.1. The lowest BCUT2D eigenvalue weighted by Gasteiger charge is -2.04. The summed E-state index contributed by atoms with van der Waals surface area (Å²) >= 11 is 1.52. The van der Waals surface area contributed by atoms with Crippen molar-refractivity contribution >= 4 is 27.5 Å². The molecule has 0 atom stereocenters. The molecule has 0 unspecified atom stereocenters. The van der Waals surface area contributed by atoms with Gasteiger partial charge in [0.15, 0.2) is 4.80 Å². The molecule has 7 heteroatoms. The van der Waals surface area contributed by atoms with E-state index in [-0.39, 0.29) is 5.91 Å². The Morgan fingerprint density at radius 3 is 2.84 bits per heavy atom. The number of benzene rings is 1. The summed E-state index contributed by atoms with van der Waals surface area (Å²) in [7, 11) is 1.67. The molecular formula is C18H22N4O2S. The van der Waals surface area contributed by atoms with Crippen molar-refractivity contribution in [1.82, 2.24) is 14.3 Å². The molecule has 3 aromatic rings. The lowest BCUT2D eigenvalue weighted by molar-refractivity contribution is 0.0987. The van der Waals surface area contributed by atoms with Crippen LogP contribution in [-0.4, -0.2) is 34.0 Å². The topological polar surface area (TPSA) is 61.4 Å². The van der Waals surface area contributed by atoms with E-state index < -0.39 is 0 Å². The van der Waals surface area contributed by atoms with Crippen LogP contribution in [-0.2, 0) is 17.8 Å². The van der Waals surface area contributed by atoms with Gasteiger partial charge >= 0.3 is 0 Å². The number of methoxy groups -OCH3 is 1. The van der Waals surface area contributed by atoms with Gasteiger partial charge in [0.1, 0.15) is 5.69 Å². The number of carbonyl (C=O) groups excluding carboxylic acids is 1. The summed E-state index contributed by atoms with van der Waals surface area (Å²) in [5.41, 5.74) is 3.59. The number of thiazole rings is 1. The van der Waals surface area contributed by atoms with E-state index in [2.05, 4.69) is 35.2 Å². The second-order valence-corrected chi connectivity index (χ2v) is 6.91. The van der Waals surface area contributed by atoms with Crippen molar-refractivity contribution in [3.63, 3.8) is 0 Å². The van der Waals surface area contributed by atoms with Crippen LogP contribution in [0.4, 0.5) is 0 Å². The lowest BCUT2D eigenvalue weighted by Crippen LogP contribution is -2.20. The Balaban J connectivity index is 2.12. The van der Waals surface area contributed by atoms with Gasteiger partial charge in [-0.3, -0.25) is 9.48 Å². The fraction of sp³-hybridized carbons (Fsp3) is 0.389. The van der Waals surface area contributed by atoms with E-state index in [9.17, 15) is 4.79 Å². The Labute approximate surface area is 150 Å². The number of aryl methyl sites for hydroxylation is 3. The summed E-state index contributed by atoms with van der Waals surface area (Å²) in [4.78, 5) is 17.8. The van der Waals surface area contributed by atoms with Gasteiger partial charge in [0.25, 0.3) is 5.91 Å². The molecule has 6 nitrogen and oxygen atoms in total. The first kappa shape index (κ1) is 17.6. The zero-order valence-corrected chi connectivity index (χ0v) is 15.8. The summed E-state index contributed by atoms with van der Waals surface area (Å²) in [6.07, 6.45) is 0. The highest BCUT2D eigenvalue weighted by Crippen LogP contribution is 2.19. The summed E-state index contributed by atoms with van der Waals surface area (Å²) in [5, 5.41) is 4.33. The number of hydrogen-bond donors (Lipinski definition) is 0. The predicted molar refractivity (Wildman–Crippen MR) is 99.0 cm³/mol. The molecule has 1 aromatic carbocycles. The van der Waals surface area contributed by atoms with Crippen LogP contribution in [0.1, 0.15) is 28.7 Å². The van der Waals surface area contributed by atoms with E-state index in [1.807, 2.05) is 18.4 Å². The van der Waals surface area contributed by atoms with Crippen molar-refractivity contribution in [3.05, 3.63) is 46.0 Å². The molecule has 0 saturated heterocycles. The van der Waals surface area contributed by atoms with Crippen molar-refractivity contribution in [3.8, 4) is 0 Å². The Hall–Kier alpha value is -2.25. The fourth-order valence-electron chi connectivity index (χ4n) is 2.77. The maximum absolute atomic E-state index is 12.7. The van der Waals surface area contributed by atoms with Crippen molar-refractivity contribution in [2.45, 2.75) is 33.9 Å². The third kappa shape index (κ3) is 3.57. The van der Waals surface area contributed by atoms with Gasteiger partial charge in [0.05, 0.1) is 22.5 Å². The molecule has 25 heavy (non-hydrogen) atoms. The van der Waals surface area contributed by atoms with E-state index >= 15 is 0 Å². The van der Waals surface area contributed by atoms with Crippen LogP contribution in [0.15, 0.2) is 29.3 Å². The first-order valence-corrected chi connectivity index (χ1v) is 9.07. The Kier molecular flexibility index (Phi) is 5.15. The second kappa shape index (κ2) is 7.33. The minimum atomic E-state index is -0.267. The first-order valence-electron chi connectivity index (χ1n) is 8.26. The number of ether oxygens (including phenoxy) is 1. The van der Waals surface area contributed by atoms with Crippen molar-refractivity contribution in [1.29, 1.82) is 0 Å². The van der Waals surface area contributed by atoms with Crippen LogP contribution >= 0.6 is 11.3 Å². The lowest BCUT2D eigenvalue weighted by atomic mass is 10.2. The normalized spacial score (nSPS) is 12.2. The second-order valence-electron chi connectivity index (χ2n) is 5.90. The molecule has 0 radical (unpaired) electrons. The monoisotopic (exact) mass is 358 g/mol. The molecule has 0 fully saturated rings. The fourth-order valence-corrected chi connectivity index (χ4v) is 3.92. The highest BCUT2D eigenvalue weighted by molar-refractivity contribution is 7.16. The Morgan fingerprint density at radius 1 is 1.32 bits per heavy atom. The molecule has 132 valence electrons. The SMILES string of the molecule is CCn1nc(C)cc1C(=O)N=c1sc2cc(C)ccc2n1CCOC. The van der Waals surface area contributed by atoms with Gasteiger partial charge in [0, 0.05) is 20.2 Å². The number of amides is 1. The standard InChI is InChI=1S/C18H22N4O2S/c1-5-22-15(11-13(3)20-22)17(23)19-18-21(8-9-24-4)14-7-6-12(2)10-16(14)25-18/h6-7,10-11H,5,8-9H2,1-4H3. The van der Waals surface area contributed by atoms with Crippen LogP contribution in [0.5, 0.6) is 0 Å². The zero-order valence-electron chi connectivity index (χ0n) is 14.9. The molecule has 0 bridgehead atoms. The zero-order chi connectivity index (χ0) is 18.0. The average Bonchev–Trinajstić information content (AvgIpc) is 3.12. The molecule has 2 heterocycles. The van der Waals surface area contributed by atoms with Crippen LogP contribution in [0.2, 0.25) is 0 Å². The number of nitrogens with zero attached hydrogens (tertiary/aromatic N) is 4. The Morgan fingerprint density at radius 2 is 2.12 bits per heavy atom. The molecule has 1 amide bonds. The smallest absolute Gasteiger partial charge is 0.297 e. The number of hydrogen-bond acceptors (Lipinski definition) is 4. The van der Waals surface area contributed by atoms with Gasteiger partial charge in [-0.05, 0) is 44.5 Å². The van der Waals surface area contributed by atoms with E-state index in [0.29, 0.717) is 30.2 Å². The van der Waals surface area contributed by atoms with Gasteiger partial charge < -0.3 is 9.30 Å². The van der Waals surface area contributed by atoms with Gasteiger partial charge in [-0.1, -0.05) is 17.4 Å². The number of aromatic nitrogens is 3. The molecule has 0 saturated carbocycles. The summed E-state index contributed by atoms with van der Waals surface area (Å²) in [5.74, 6) is -0.267. The number of fused-ring (bicyclic) bond motifs is 1. The minimum absolute atomic E-state index is 0.267. The van der Waals surface area contributed by atoms with Crippen LogP contribution in [0.25, 0.3) is 10.2 Å². The van der Waals surface area contributed by atoms with Gasteiger partial charge in [-0.25, -0.2) is 0 Å². The molecular weight excluding hydrogens is 336 g/mol. The van der Waals surface area contributed by atoms with Gasteiger partial charge in [0.2, 0.25) is 0 Å². The minimum Gasteiger partial charge on any atom is -0.383 e. The molecule has 0 spiro atoms. The Bertz CT molecular complexity index is 981. The van der Waals surface area contributed by atoms with Crippen molar-refractivity contribution in [2.75, 3.05) is 13.7 Å².